The van der Waals surface area contributed by atoms with Gasteiger partial charge < -0.3 is 10.4 Å². The molecule has 0 spiro atoms. The van der Waals surface area contributed by atoms with E-state index in [1.165, 1.54) is 0 Å². The van der Waals surface area contributed by atoms with Gasteiger partial charge in [0.25, 0.3) is 0 Å². The van der Waals surface area contributed by atoms with Crippen molar-refractivity contribution < 1.29 is 5.11 Å². The average molecular weight is 197 g/mol. The Balaban J connectivity index is 2.25. The summed E-state index contributed by atoms with van der Waals surface area (Å²) < 4.78 is 0. The molecule has 0 atom stereocenters. The Hall–Kier alpha value is -0.340. The van der Waals surface area contributed by atoms with Gasteiger partial charge in [-0.05, 0) is 38.5 Å². The SMILES string of the molecule is C=C(C)CNCC1(O)CCC(C)CC1. The van der Waals surface area contributed by atoms with Gasteiger partial charge >= 0.3 is 0 Å². The van der Waals surface area contributed by atoms with E-state index < -0.39 is 5.60 Å². The molecule has 1 saturated carbocycles. The van der Waals surface area contributed by atoms with Crippen LogP contribution in [0.5, 0.6) is 0 Å². The maximum Gasteiger partial charge on any atom is 0.0771 e. The van der Waals surface area contributed by atoms with E-state index in [2.05, 4.69) is 18.8 Å². The number of hydrogen-bond acceptors (Lipinski definition) is 2. The minimum atomic E-state index is -0.456. The number of nitrogens with one attached hydrogen (secondary N) is 1. The summed E-state index contributed by atoms with van der Waals surface area (Å²) in [7, 11) is 0. The van der Waals surface area contributed by atoms with Crippen LogP contribution in [0.1, 0.15) is 39.5 Å². The zero-order chi connectivity index (χ0) is 10.6. The lowest BCUT2D eigenvalue weighted by Crippen LogP contribution is -2.43. The third kappa shape index (κ3) is 3.81. The summed E-state index contributed by atoms with van der Waals surface area (Å²) in [5.74, 6) is 0.788. The fourth-order valence-corrected chi connectivity index (χ4v) is 1.98. The van der Waals surface area contributed by atoms with Crippen molar-refractivity contribution in [3.05, 3.63) is 12.2 Å². The van der Waals surface area contributed by atoms with Crippen LogP contribution in [0.2, 0.25) is 0 Å². The summed E-state index contributed by atoms with van der Waals surface area (Å²) in [6.07, 6.45) is 4.20. The third-order valence-corrected chi connectivity index (χ3v) is 3.09. The molecular weight excluding hydrogens is 174 g/mol. The molecule has 82 valence electrons. The molecule has 0 aromatic heterocycles. The van der Waals surface area contributed by atoms with E-state index in [4.69, 9.17) is 0 Å². The summed E-state index contributed by atoms with van der Waals surface area (Å²) in [5, 5.41) is 13.5. The smallest absolute Gasteiger partial charge is 0.0771 e. The molecule has 2 N–H and O–H groups in total. The predicted octanol–water partition coefficient (Wildman–Crippen LogP) is 2.09. The fraction of sp³-hybridized carbons (Fsp3) is 0.833. The first-order chi connectivity index (χ1) is 6.52. The molecule has 0 aromatic carbocycles. The minimum Gasteiger partial charge on any atom is -0.389 e. The van der Waals surface area contributed by atoms with Crippen molar-refractivity contribution in [2.45, 2.75) is 45.1 Å². The maximum atomic E-state index is 10.2. The number of rotatable bonds is 4. The molecule has 2 heteroatoms. The highest BCUT2D eigenvalue weighted by atomic mass is 16.3. The molecule has 1 fully saturated rings. The first kappa shape index (κ1) is 11.7. The largest absolute Gasteiger partial charge is 0.389 e. The predicted molar refractivity (Wildman–Crippen MR) is 60.3 cm³/mol. The Labute approximate surface area is 87.4 Å². The lowest BCUT2D eigenvalue weighted by Gasteiger charge is -2.35. The van der Waals surface area contributed by atoms with Crippen LogP contribution >= 0.6 is 0 Å². The van der Waals surface area contributed by atoms with Gasteiger partial charge in [-0.25, -0.2) is 0 Å². The Morgan fingerprint density at radius 3 is 2.57 bits per heavy atom. The topological polar surface area (TPSA) is 32.3 Å². The first-order valence-electron chi connectivity index (χ1n) is 5.59. The molecule has 0 unspecified atom stereocenters. The standard InChI is InChI=1S/C12H23NO/c1-10(2)8-13-9-12(14)6-4-11(3)5-7-12/h11,13-14H,1,4-9H2,2-3H3. The molecule has 0 bridgehead atoms. The van der Waals surface area contributed by atoms with Crippen LogP contribution in [-0.4, -0.2) is 23.8 Å². The zero-order valence-electron chi connectivity index (χ0n) is 9.47. The van der Waals surface area contributed by atoms with Gasteiger partial charge in [0.2, 0.25) is 0 Å². The van der Waals surface area contributed by atoms with Crippen molar-refractivity contribution in [3.63, 3.8) is 0 Å². The van der Waals surface area contributed by atoms with Crippen LogP contribution in [0.25, 0.3) is 0 Å². The number of aliphatic hydroxyl groups is 1. The highest BCUT2D eigenvalue weighted by molar-refractivity contribution is 4.93. The van der Waals surface area contributed by atoms with Crippen molar-refractivity contribution >= 4 is 0 Å². The summed E-state index contributed by atoms with van der Waals surface area (Å²) in [5.41, 5.74) is 0.667. The van der Waals surface area contributed by atoms with E-state index in [1.54, 1.807) is 0 Å². The summed E-state index contributed by atoms with van der Waals surface area (Å²) in [6, 6.07) is 0. The monoisotopic (exact) mass is 197 g/mol. The van der Waals surface area contributed by atoms with Crippen LogP contribution in [0, 0.1) is 5.92 Å². The van der Waals surface area contributed by atoms with Crippen molar-refractivity contribution in [1.82, 2.24) is 5.32 Å². The molecule has 0 heterocycles. The second kappa shape index (κ2) is 4.94. The Kier molecular flexibility index (Phi) is 4.14. The van der Waals surface area contributed by atoms with E-state index in [1.807, 2.05) is 6.92 Å². The normalized spacial score (nSPS) is 32.9. The molecule has 1 aliphatic carbocycles. The van der Waals surface area contributed by atoms with Gasteiger partial charge in [-0.3, -0.25) is 0 Å². The van der Waals surface area contributed by atoms with Crippen molar-refractivity contribution in [2.75, 3.05) is 13.1 Å². The van der Waals surface area contributed by atoms with E-state index in [0.29, 0.717) is 6.54 Å². The second-order valence-electron chi connectivity index (χ2n) is 4.97. The molecule has 1 rings (SSSR count). The van der Waals surface area contributed by atoms with Gasteiger partial charge in [-0.1, -0.05) is 19.1 Å². The van der Waals surface area contributed by atoms with E-state index in [9.17, 15) is 5.11 Å². The van der Waals surface area contributed by atoms with Gasteiger partial charge in [0, 0.05) is 13.1 Å². The molecule has 0 radical (unpaired) electrons. The van der Waals surface area contributed by atoms with Crippen molar-refractivity contribution in [2.24, 2.45) is 5.92 Å². The van der Waals surface area contributed by atoms with E-state index in [0.717, 1.165) is 43.7 Å². The highest BCUT2D eigenvalue weighted by Crippen LogP contribution is 2.31. The van der Waals surface area contributed by atoms with Gasteiger partial charge in [-0.2, -0.15) is 0 Å². The zero-order valence-corrected chi connectivity index (χ0v) is 9.47. The van der Waals surface area contributed by atoms with Gasteiger partial charge in [0.1, 0.15) is 0 Å². The third-order valence-electron chi connectivity index (χ3n) is 3.09. The lowest BCUT2D eigenvalue weighted by molar-refractivity contribution is -0.00541. The Bertz CT molecular complexity index is 192. The Morgan fingerprint density at radius 2 is 2.07 bits per heavy atom. The lowest BCUT2D eigenvalue weighted by atomic mass is 9.79. The Morgan fingerprint density at radius 1 is 1.50 bits per heavy atom. The van der Waals surface area contributed by atoms with Crippen LogP contribution in [0.15, 0.2) is 12.2 Å². The molecule has 0 aliphatic heterocycles. The van der Waals surface area contributed by atoms with E-state index >= 15 is 0 Å². The maximum absolute atomic E-state index is 10.2. The fourth-order valence-electron chi connectivity index (χ4n) is 1.98. The van der Waals surface area contributed by atoms with Gasteiger partial charge in [0.05, 0.1) is 5.60 Å². The molecule has 0 saturated heterocycles. The molecule has 1 aliphatic rings. The molecule has 0 amide bonds. The van der Waals surface area contributed by atoms with Crippen molar-refractivity contribution in [1.29, 1.82) is 0 Å². The average Bonchev–Trinajstić information content (AvgIpc) is 2.10. The molecular formula is C12H23NO. The quantitative estimate of drug-likeness (QED) is 0.676. The minimum absolute atomic E-state index is 0.456. The molecule has 2 nitrogen and oxygen atoms in total. The molecule has 0 aromatic rings. The van der Waals surface area contributed by atoms with E-state index in [-0.39, 0.29) is 0 Å². The van der Waals surface area contributed by atoms with Crippen molar-refractivity contribution in [3.8, 4) is 0 Å². The second-order valence-corrected chi connectivity index (χ2v) is 4.97. The highest BCUT2D eigenvalue weighted by Gasteiger charge is 2.30. The van der Waals surface area contributed by atoms with Crippen LogP contribution in [0.3, 0.4) is 0 Å². The number of hydrogen-bond donors (Lipinski definition) is 2. The van der Waals surface area contributed by atoms with Crippen LogP contribution in [0.4, 0.5) is 0 Å². The summed E-state index contributed by atoms with van der Waals surface area (Å²) >= 11 is 0. The van der Waals surface area contributed by atoms with Crippen LogP contribution in [-0.2, 0) is 0 Å². The van der Waals surface area contributed by atoms with Crippen LogP contribution < -0.4 is 5.32 Å². The summed E-state index contributed by atoms with van der Waals surface area (Å²) in [4.78, 5) is 0. The molecule has 14 heavy (non-hydrogen) atoms. The van der Waals surface area contributed by atoms with Gasteiger partial charge in [-0.15, -0.1) is 0 Å². The first-order valence-corrected chi connectivity index (χ1v) is 5.59. The van der Waals surface area contributed by atoms with Gasteiger partial charge in [0.15, 0.2) is 0 Å². The summed E-state index contributed by atoms with van der Waals surface area (Å²) in [6.45, 7) is 9.63.